The van der Waals surface area contributed by atoms with Crippen molar-refractivity contribution in [3.8, 4) is 0 Å². The first-order valence-corrected chi connectivity index (χ1v) is 9.99. The third kappa shape index (κ3) is 5.59. The summed E-state index contributed by atoms with van der Waals surface area (Å²) in [6, 6.07) is 7.45. The number of piperidine rings is 1. The number of hydrogen-bond acceptors (Lipinski definition) is 3. The summed E-state index contributed by atoms with van der Waals surface area (Å²) in [5.74, 6) is -1.16. The average Bonchev–Trinajstić information content (AvgIpc) is 2.65. The van der Waals surface area contributed by atoms with Gasteiger partial charge in [-0.2, -0.15) is 0 Å². The summed E-state index contributed by atoms with van der Waals surface area (Å²) in [4.78, 5) is 27.9. The number of amides is 2. The van der Waals surface area contributed by atoms with Gasteiger partial charge in [0, 0.05) is 24.7 Å². The molecule has 2 amide bonds. The summed E-state index contributed by atoms with van der Waals surface area (Å²) in [6.45, 7) is 9.09. The number of nitrogens with zero attached hydrogens (tertiary/aromatic N) is 2. The van der Waals surface area contributed by atoms with Crippen molar-refractivity contribution in [2.45, 2.75) is 33.2 Å². The molecular formula is C20H30ClN3O3. The van der Waals surface area contributed by atoms with Gasteiger partial charge in [0.15, 0.2) is 0 Å². The van der Waals surface area contributed by atoms with Crippen LogP contribution in [0.25, 0.3) is 0 Å². The van der Waals surface area contributed by atoms with Gasteiger partial charge in [-0.1, -0.05) is 50.6 Å². The summed E-state index contributed by atoms with van der Waals surface area (Å²) in [6.07, 6.45) is 0.612. The second-order valence-electron chi connectivity index (χ2n) is 7.23. The lowest BCUT2D eigenvalue weighted by Crippen LogP contribution is -2.51. The molecule has 1 aromatic carbocycles. The minimum absolute atomic E-state index is 0.0323. The molecule has 1 aromatic rings. The van der Waals surface area contributed by atoms with E-state index in [1.165, 1.54) is 0 Å². The summed E-state index contributed by atoms with van der Waals surface area (Å²) in [5, 5.41) is 13.0. The van der Waals surface area contributed by atoms with E-state index in [2.05, 4.69) is 24.1 Å². The van der Waals surface area contributed by atoms with Crippen LogP contribution in [-0.4, -0.2) is 59.6 Å². The van der Waals surface area contributed by atoms with Crippen molar-refractivity contribution >= 4 is 23.6 Å². The number of nitrogens with one attached hydrogen (secondary N) is 1. The van der Waals surface area contributed by atoms with Gasteiger partial charge in [0.25, 0.3) is 0 Å². The maximum Gasteiger partial charge on any atom is 0.317 e. The lowest BCUT2D eigenvalue weighted by Gasteiger charge is -2.36. The molecule has 1 aliphatic heterocycles. The summed E-state index contributed by atoms with van der Waals surface area (Å²) >= 11 is 6.40. The number of likely N-dealkylation sites (N-methyl/N-ethyl adjacent to an activating group) is 1. The van der Waals surface area contributed by atoms with Gasteiger partial charge in [-0.15, -0.1) is 0 Å². The quantitative estimate of drug-likeness (QED) is 0.741. The van der Waals surface area contributed by atoms with Gasteiger partial charge in [0.05, 0.1) is 12.0 Å². The molecule has 2 rings (SSSR count). The minimum atomic E-state index is -0.837. The molecular weight excluding hydrogens is 366 g/mol. The van der Waals surface area contributed by atoms with Crippen molar-refractivity contribution in [3.63, 3.8) is 0 Å². The number of carboxylic acid groups (broad SMARTS) is 1. The highest BCUT2D eigenvalue weighted by Crippen LogP contribution is 2.27. The number of urea groups is 1. The highest BCUT2D eigenvalue weighted by Gasteiger charge is 2.32. The third-order valence-corrected chi connectivity index (χ3v) is 5.60. The van der Waals surface area contributed by atoms with Gasteiger partial charge in [-0.25, -0.2) is 4.79 Å². The van der Waals surface area contributed by atoms with Crippen LogP contribution in [0.1, 0.15) is 38.8 Å². The summed E-state index contributed by atoms with van der Waals surface area (Å²) < 4.78 is 0. The second kappa shape index (κ2) is 9.95. The van der Waals surface area contributed by atoms with Crippen molar-refractivity contribution in [1.82, 2.24) is 15.1 Å². The Morgan fingerprint density at radius 3 is 2.56 bits per heavy atom. The molecule has 7 heteroatoms. The number of rotatable bonds is 7. The molecule has 1 saturated heterocycles. The van der Waals surface area contributed by atoms with Gasteiger partial charge >= 0.3 is 12.0 Å². The number of carboxylic acids is 1. The SMILES string of the molecule is CCN(CC)C(CNC(=O)N1CC(C)CC(C(=O)O)C1)c1ccccc1Cl. The molecule has 0 aromatic heterocycles. The van der Waals surface area contributed by atoms with Crippen molar-refractivity contribution in [2.24, 2.45) is 11.8 Å². The Morgan fingerprint density at radius 1 is 1.30 bits per heavy atom. The second-order valence-corrected chi connectivity index (χ2v) is 7.63. The van der Waals surface area contributed by atoms with Crippen LogP contribution >= 0.6 is 11.6 Å². The number of likely N-dealkylation sites (tertiary alicyclic amines) is 1. The first kappa shape index (κ1) is 21.5. The molecule has 27 heavy (non-hydrogen) atoms. The summed E-state index contributed by atoms with van der Waals surface area (Å²) in [7, 11) is 0. The zero-order valence-electron chi connectivity index (χ0n) is 16.3. The molecule has 0 aliphatic carbocycles. The molecule has 1 fully saturated rings. The Morgan fingerprint density at radius 2 is 1.96 bits per heavy atom. The molecule has 3 atom stereocenters. The molecule has 2 N–H and O–H groups in total. The number of carbonyl (C=O) groups excluding carboxylic acids is 1. The normalized spacial score (nSPS) is 21.1. The maximum absolute atomic E-state index is 12.7. The van der Waals surface area contributed by atoms with Crippen LogP contribution in [0, 0.1) is 11.8 Å². The fourth-order valence-electron chi connectivity index (χ4n) is 3.84. The molecule has 0 bridgehead atoms. The van der Waals surface area contributed by atoms with E-state index in [0.29, 0.717) is 24.5 Å². The molecule has 0 radical (unpaired) electrons. The Bertz CT molecular complexity index is 651. The van der Waals surface area contributed by atoms with Crippen LogP contribution in [0.15, 0.2) is 24.3 Å². The lowest BCUT2D eigenvalue weighted by atomic mass is 9.91. The maximum atomic E-state index is 12.7. The Kier molecular flexibility index (Phi) is 7.92. The molecule has 0 saturated carbocycles. The van der Waals surface area contributed by atoms with Gasteiger partial charge in [-0.3, -0.25) is 9.69 Å². The van der Waals surface area contributed by atoms with Crippen LogP contribution < -0.4 is 5.32 Å². The van der Waals surface area contributed by atoms with Gasteiger partial charge in [0.2, 0.25) is 0 Å². The van der Waals surface area contributed by atoms with Gasteiger partial charge in [-0.05, 0) is 37.1 Å². The fourth-order valence-corrected chi connectivity index (χ4v) is 4.10. The zero-order chi connectivity index (χ0) is 20.0. The zero-order valence-corrected chi connectivity index (χ0v) is 17.1. The molecule has 150 valence electrons. The van der Waals surface area contributed by atoms with E-state index < -0.39 is 11.9 Å². The summed E-state index contributed by atoms with van der Waals surface area (Å²) in [5.41, 5.74) is 0.985. The van der Waals surface area contributed by atoms with E-state index in [1.807, 2.05) is 31.2 Å². The smallest absolute Gasteiger partial charge is 0.317 e. The van der Waals surface area contributed by atoms with Crippen molar-refractivity contribution in [1.29, 1.82) is 0 Å². The Hall–Kier alpha value is -1.79. The van der Waals surface area contributed by atoms with E-state index in [0.717, 1.165) is 18.7 Å². The van der Waals surface area contributed by atoms with E-state index >= 15 is 0 Å². The number of halogens is 1. The van der Waals surface area contributed by atoms with Crippen molar-refractivity contribution < 1.29 is 14.7 Å². The monoisotopic (exact) mass is 395 g/mol. The van der Waals surface area contributed by atoms with Crippen LogP contribution in [0.2, 0.25) is 5.02 Å². The molecule has 6 nitrogen and oxygen atoms in total. The predicted molar refractivity (Wildman–Crippen MR) is 107 cm³/mol. The molecule has 1 aliphatic rings. The van der Waals surface area contributed by atoms with E-state index in [-0.39, 0.29) is 24.5 Å². The van der Waals surface area contributed by atoms with E-state index in [9.17, 15) is 14.7 Å². The number of carbonyl (C=O) groups is 2. The topological polar surface area (TPSA) is 72.9 Å². The van der Waals surface area contributed by atoms with Crippen LogP contribution in [-0.2, 0) is 4.79 Å². The fraction of sp³-hybridized carbons (Fsp3) is 0.600. The average molecular weight is 396 g/mol. The van der Waals surface area contributed by atoms with Crippen LogP contribution in [0.5, 0.6) is 0 Å². The number of aliphatic carboxylic acids is 1. The van der Waals surface area contributed by atoms with Gasteiger partial charge < -0.3 is 15.3 Å². The Labute approximate surface area is 166 Å². The number of benzene rings is 1. The van der Waals surface area contributed by atoms with Crippen LogP contribution in [0.3, 0.4) is 0 Å². The van der Waals surface area contributed by atoms with Crippen molar-refractivity contribution in [2.75, 3.05) is 32.7 Å². The number of hydrogen-bond donors (Lipinski definition) is 2. The van der Waals surface area contributed by atoms with E-state index in [4.69, 9.17) is 11.6 Å². The van der Waals surface area contributed by atoms with E-state index in [1.54, 1.807) is 4.90 Å². The highest BCUT2D eigenvalue weighted by molar-refractivity contribution is 6.31. The standard InChI is InChI=1S/C20H30ClN3O3/c1-4-23(5-2)18(16-8-6-7-9-17(16)21)11-22-20(27)24-12-14(3)10-15(13-24)19(25)26/h6-9,14-15,18H,4-5,10-13H2,1-3H3,(H,22,27)(H,25,26). The highest BCUT2D eigenvalue weighted by atomic mass is 35.5. The van der Waals surface area contributed by atoms with Gasteiger partial charge in [0.1, 0.15) is 0 Å². The lowest BCUT2D eigenvalue weighted by molar-refractivity contribution is -0.143. The first-order valence-electron chi connectivity index (χ1n) is 9.61. The molecule has 3 unspecified atom stereocenters. The third-order valence-electron chi connectivity index (χ3n) is 5.26. The molecule has 1 heterocycles. The molecule has 0 spiro atoms. The van der Waals surface area contributed by atoms with Crippen LogP contribution in [0.4, 0.5) is 4.79 Å². The first-order chi connectivity index (χ1) is 12.9. The minimum Gasteiger partial charge on any atom is -0.481 e. The predicted octanol–water partition coefficient (Wildman–Crippen LogP) is 3.48. The Balaban J connectivity index is 2.08. The largest absolute Gasteiger partial charge is 0.481 e. The van der Waals surface area contributed by atoms with Crippen molar-refractivity contribution in [3.05, 3.63) is 34.9 Å².